The van der Waals surface area contributed by atoms with Crippen molar-refractivity contribution in [2.24, 2.45) is 5.92 Å². The van der Waals surface area contributed by atoms with Crippen LogP contribution in [0.2, 0.25) is 18.1 Å². The van der Waals surface area contributed by atoms with E-state index in [1.54, 1.807) is 37.3 Å². The molecular weight excluding hydrogens is 422 g/mol. The molecule has 0 fully saturated rings. The maximum absolute atomic E-state index is 15.3. The number of hydrogen-bond donors (Lipinski definition) is 0. The molecule has 8 heteroatoms. The number of rotatable bonds is 11. The van der Waals surface area contributed by atoms with E-state index < -0.39 is 38.0 Å². The van der Waals surface area contributed by atoms with Crippen molar-refractivity contribution in [3.8, 4) is 0 Å². The van der Waals surface area contributed by atoms with Gasteiger partial charge in [0.1, 0.15) is 0 Å². The minimum atomic E-state index is -3.89. The van der Waals surface area contributed by atoms with Crippen molar-refractivity contribution in [2.75, 3.05) is 19.8 Å². The Morgan fingerprint density at radius 2 is 1.55 bits per heavy atom. The zero-order chi connectivity index (χ0) is 23.9. The molecule has 176 valence electrons. The van der Waals surface area contributed by atoms with Crippen molar-refractivity contribution in [3.63, 3.8) is 0 Å². The van der Waals surface area contributed by atoms with Gasteiger partial charge < -0.3 is 13.9 Å². The van der Waals surface area contributed by atoms with Crippen LogP contribution in [0.4, 0.5) is 8.78 Å². The molecular formula is C23H36F2O5Si. The lowest BCUT2D eigenvalue weighted by Crippen LogP contribution is -2.46. The lowest BCUT2D eigenvalue weighted by Gasteiger charge is -2.37. The van der Waals surface area contributed by atoms with Gasteiger partial charge in [-0.2, -0.15) is 8.78 Å². The summed E-state index contributed by atoms with van der Waals surface area (Å²) in [5.74, 6) is -9.33. The van der Waals surface area contributed by atoms with Crippen LogP contribution in [-0.4, -0.2) is 46.0 Å². The van der Waals surface area contributed by atoms with E-state index in [2.05, 4.69) is 25.5 Å². The molecule has 0 heterocycles. The Kier molecular flexibility index (Phi) is 9.82. The van der Waals surface area contributed by atoms with Crippen molar-refractivity contribution >= 4 is 20.3 Å². The maximum Gasteiger partial charge on any atom is 0.377 e. The average molecular weight is 459 g/mol. The van der Waals surface area contributed by atoms with E-state index in [4.69, 9.17) is 9.16 Å². The highest BCUT2D eigenvalue weighted by Crippen LogP contribution is 2.42. The maximum atomic E-state index is 15.3. The van der Waals surface area contributed by atoms with Crippen LogP contribution < -0.4 is 0 Å². The SMILES string of the molecule is CCOC(=O)[C@@H](c1ccccc1)[C@H](CCO[Si](C)(C)C(C)(C)C)C(F)(F)C(=O)OCC. The number of alkyl halides is 2. The van der Waals surface area contributed by atoms with E-state index in [1.807, 2.05) is 13.1 Å². The number of ether oxygens (including phenoxy) is 2. The molecule has 0 aromatic heterocycles. The van der Waals surface area contributed by atoms with Crippen molar-refractivity contribution in [1.82, 2.24) is 0 Å². The second kappa shape index (κ2) is 11.2. The van der Waals surface area contributed by atoms with Crippen LogP contribution in [-0.2, 0) is 23.5 Å². The summed E-state index contributed by atoms with van der Waals surface area (Å²) >= 11 is 0. The summed E-state index contributed by atoms with van der Waals surface area (Å²) < 4.78 is 46.5. The predicted molar refractivity (Wildman–Crippen MR) is 119 cm³/mol. The summed E-state index contributed by atoms with van der Waals surface area (Å²) in [6.07, 6.45) is -0.198. The monoisotopic (exact) mass is 458 g/mol. The highest BCUT2D eigenvalue weighted by molar-refractivity contribution is 6.74. The van der Waals surface area contributed by atoms with Crippen molar-refractivity contribution in [2.45, 2.75) is 71.0 Å². The lowest BCUT2D eigenvalue weighted by atomic mass is 9.79. The Hall–Kier alpha value is -1.80. The Morgan fingerprint density at radius 1 is 1.00 bits per heavy atom. The number of esters is 2. The average Bonchev–Trinajstić information content (AvgIpc) is 2.67. The zero-order valence-corrected chi connectivity index (χ0v) is 20.7. The van der Waals surface area contributed by atoms with Gasteiger partial charge in [0.25, 0.3) is 0 Å². The molecule has 0 saturated carbocycles. The molecule has 0 aliphatic rings. The van der Waals surface area contributed by atoms with E-state index >= 15 is 8.78 Å². The van der Waals surface area contributed by atoms with E-state index in [0.717, 1.165) is 0 Å². The van der Waals surface area contributed by atoms with E-state index in [0.29, 0.717) is 5.56 Å². The first kappa shape index (κ1) is 27.2. The van der Waals surface area contributed by atoms with Gasteiger partial charge in [-0.15, -0.1) is 0 Å². The summed E-state index contributed by atoms with van der Waals surface area (Å²) in [5.41, 5.74) is 0.363. The largest absolute Gasteiger partial charge is 0.466 e. The van der Waals surface area contributed by atoms with Gasteiger partial charge in [-0.1, -0.05) is 51.1 Å². The molecule has 0 bridgehead atoms. The molecule has 0 aliphatic heterocycles. The van der Waals surface area contributed by atoms with Gasteiger partial charge in [0.05, 0.1) is 25.0 Å². The fourth-order valence-electron chi connectivity index (χ4n) is 3.02. The first-order valence-electron chi connectivity index (χ1n) is 10.7. The third-order valence-electron chi connectivity index (χ3n) is 5.81. The first-order chi connectivity index (χ1) is 14.3. The molecule has 0 unspecified atom stereocenters. The van der Waals surface area contributed by atoms with Gasteiger partial charge in [0.2, 0.25) is 0 Å². The number of benzene rings is 1. The minimum Gasteiger partial charge on any atom is -0.466 e. The van der Waals surface area contributed by atoms with Crippen molar-refractivity contribution in [1.29, 1.82) is 0 Å². The molecule has 0 amide bonds. The summed E-state index contributed by atoms with van der Waals surface area (Å²) in [5, 5.41) is -0.105. The third kappa shape index (κ3) is 7.10. The van der Waals surface area contributed by atoms with Crippen LogP contribution >= 0.6 is 0 Å². The molecule has 0 N–H and O–H groups in total. The van der Waals surface area contributed by atoms with E-state index in [-0.39, 0.29) is 31.3 Å². The van der Waals surface area contributed by atoms with Crippen LogP contribution in [0.1, 0.15) is 52.5 Å². The number of hydrogen-bond acceptors (Lipinski definition) is 5. The van der Waals surface area contributed by atoms with Crippen LogP contribution in [0.5, 0.6) is 0 Å². The Labute approximate surface area is 185 Å². The summed E-state index contributed by atoms with van der Waals surface area (Å²) in [6, 6.07) is 8.22. The van der Waals surface area contributed by atoms with Gasteiger partial charge in [0.15, 0.2) is 8.32 Å². The summed E-state index contributed by atoms with van der Waals surface area (Å²) in [7, 11) is -2.21. The van der Waals surface area contributed by atoms with Crippen molar-refractivity contribution < 1.29 is 32.3 Å². The van der Waals surface area contributed by atoms with Gasteiger partial charge >= 0.3 is 17.9 Å². The predicted octanol–water partition coefficient (Wildman–Crippen LogP) is 5.56. The molecule has 1 aromatic carbocycles. The van der Waals surface area contributed by atoms with Crippen LogP contribution in [0.15, 0.2) is 30.3 Å². The van der Waals surface area contributed by atoms with Crippen molar-refractivity contribution in [3.05, 3.63) is 35.9 Å². The van der Waals surface area contributed by atoms with Crippen LogP contribution in [0.25, 0.3) is 0 Å². The molecule has 1 aromatic rings. The molecule has 1 rings (SSSR count). The van der Waals surface area contributed by atoms with Crippen LogP contribution in [0, 0.1) is 5.92 Å². The van der Waals surface area contributed by atoms with Gasteiger partial charge in [-0.3, -0.25) is 4.79 Å². The first-order valence-corrected chi connectivity index (χ1v) is 13.6. The molecule has 0 saturated heterocycles. The Bertz CT molecular complexity index is 716. The van der Waals surface area contributed by atoms with Gasteiger partial charge in [-0.05, 0) is 44.0 Å². The standard InChI is InChI=1S/C23H36F2O5Si/c1-8-28-20(26)19(17-13-11-10-12-14-17)18(23(24,25)21(27)29-9-2)15-16-30-31(6,7)22(3,4)5/h10-14,18-19H,8-9,15-16H2,1-7H3/t18-,19-/m0/s1. The summed E-state index contributed by atoms with van der Waals surface area (Å²) in [6.45, 7) is 13.1. The van der Waals surface area contributed by atoms with E-state index in [1.165, 1.54) is 6.92 Å². The van der Waals surface area contributed by atoms with E-state index in [9.17, 15) is 9.59 Å². The lowest BCUT2D eigenvalue weighted by molar-refractivity contribution is -0.184. The number of halogens is 2. The molecule has 2 atom stereocenters. The second-order valence-corrected chi connectivity index (χ2v) is 13.8. The molecule has 31 heavy (non-hydrogen) atoms. The topological polar surface area (TPSA) is 61.8 Å². The van der Waals surface area contributed by atoms with Crippen LogP contribution in [0.3, 0.4) is 0 Å². The van der Waals surface area contributed by atoms with Gasteiger partial charge in [-0.25, -0.2) is 4.79 Å². The quantitative estimate of drug-likeness (QED) is 0.321. The number of carbonyl (C=O) groups is 2. The third-order valence-corrected chi connectivity index (χ3v) is 10.4. The molecule has 5 nitrogen and oxygen atoms in total. The highest BCUT2D eigenvalue weighted by Gasteiger charge is 2.54. The summed E-state index contributed by atoms with van der Waals surface area (Å²) in [4.78, 5) is 25.0. The Balaban J connectivity index is 3.34. The molecule has 0 spiro atoms. The van der Waals surface area contributed by atoms with Gasteiger partial charge in [0, 0.05) is 6.61 Å². The fourth-order valence-corrected chi connectivity index (χ4v) is 4.08. The molecule has 0 aliphatic carbocycles. The Morgan fingerprint density at radius 3 is 2.03 bits per heavy atom. The molecule has 0 radical (unpaired) electrons. The zero-order valence-electron chi connectivity index (χ0n) is 19.7. The minimum absolute atomic E-state index is 0.00110. The highest BCUT2D eigenvalue weighted by atomic mass is 28.4. The smallest absolute Gasteiger partial charge is 0.377 e. The number of carbonyl (C=O) groups excluding carboxylic acids is 2. The fraction of sp³-hybridized carbons (Fsp3) is 0.652. The second-order valence-electron chi connectivity index (χ2n) is 8.99. The normalized spacial score (nSPS) is 14.6.